The Labute approximate surface area is 78.1 Å². The highest BCUT2D eigenvalue weighted by Crippen LogP contribution is 1.91. The van der Waals surface area contributed by atoms with Gasteiger partial charge >= 0.3 is 6.03 Å². The molecule has 0 aliphatic rings. The lowest BCUT2D eigenvalue weighted by atomic mass is 10.2. The Balaban J connectivity index is 3.76. The predicted molar refractivity (Wildman–Crippen MR) is 53.1 cm³/mol. The molecule has 0 saturated carbocycles. The van der Waals surface area contributed by atoms with Crippen molar-refractivity contribution < 1.29 is 4.79 Å². The number of carbonyl (C=O) groups is 1. The minimum atomic E-state index is -0.126. The number of nitrogens with two attached hydrogens (primary N) is 1. The van der Waals surface area contributed by atoms with Gasteiger partial charge in [0.25, 0.3) is 0 Å². The number of amides is 2. The quantitative estimate of drug-likeness (QED) is 0.629. The first kappa shape index (κ1) is 11.2. The first-order chi connectivity index (χ1) is 5.43. The summed E-state index contributed by atoms with van der Waals surface area (Å²) < 4.78 is 0. The summed E-state index contributed by atoms with van der Waals surface area (Å²) in [5, 5.41) is 2.73. The van der Waals surface area contributed by atoms with Crippen LogP contribution in [0.25, 0.3) is 0 Å². The monoisotopic (exact) mass is 189 g/mol. The van der Waals surface area contributed by atoms with Gasteiger partial charge in [-0.1, -0.05) is 12.2 Å². The van der Waals surface area contributed by atoms with E-state index >= 15 is 0 Å². The zero-order chi connectivity index (χ0) is 9.72. The average molecular weight is 189 g/mol. The number of hydrogen-bond acceptors (Lipinski definition) is 2. The Bertz CT molecular complexity index is 181. The minimum absolute atomic E-state index is 0.00241. The van der Waals surface area contributed by atoms with Crippen LogP contribution in [0.4, 0.5) is 4.79 Å². The molecule has 0 aromatic carbocycles. The van der Waals surface area contributed by atoms with E-state index in [1.165, 1.54) is 4.90 Å². The van der Waals surface area contributed by atoms with Crippen LogP contribution in [0.3, 0.4) is 0 Å². The van der Waals surface area contributed by atoms with Gasteiger partial charge in [-0.2, -0.15) is 0 Å². The molecule has 5 heteroatoms. The molecule has 0 fully saturated rings. The molecule has 0 bridgehead atoms. The van der Waals surface area contributed by atoms with Gasteiger partial charge in [-0.3, -0.25) is 0 Å². The third kappa shape index (κ3) is 4.90. The van der Waals surface area contributed by atoms with Gasteiger partial charge in [0.1, 0.15) is 0 Å². The van der Waals surface area contributed by atoms with E-state index < -0.39 is 0 Å². The van der Waals surface area contributed by atoms with Crippen molar-refractivity contribution in [1.82, 2.24) is 10.2 Å². The van der Waals surface area contributed by atoms with E-state index in [0.29, 0.717) is 11.4 Å². The maximum atomic E-state index is 11.1. The average Bonchev–Trinajstić information content (AvgIpc) is 1.84. The number of nitrogens with one attached hydrogen (secondary N) is 1. The van der Waals surface area contributed by atoms with Crippen LogP contribution in [0, 0.1) is 0 Å². The molecule has 2 amide bonds. The van der Waals surface area contributed by atoms with Crippen LogP contribution in [-0.2, 0) is 0 Å². The molecule has 4 nitrogen and oxygen atoms in total. The normalized spacial score (nSPS) is 11.9. The zero-order valence-electron chi connectivity index (χ0n) is 7.63. The topological polar surface area (TPSA) is 58.4 Å². The van der Waals surface area contributed by atoms with E-state index in [-0.39, 0.29) is 12.1 Å². The van der Waals surface area contributed by atoms with Crippen LogP contribution >= 0.6 is 12.2 Å². The maximum absolute atomic E-state index is 11.1. The summed E-state index contributed by atoms with van der Waals surface area (Å²) in [5.74, 6) is 0. The Morgan fingerprint density at radius 2 is 2.17 bits per heavy atom. The van der Waals surface area contributed by atoms with Gasteiger partial charge in [-0.25, -0.2) is 4.79 Å². The highest BCUT2D eigenvalue weighted by atomic mass is 32.1. The first-order valence-corrected chi connectivity index (χ1v) is 4.10. The fraction of sp³-hybridized carbons (Fsp3) is 0.714. The van der Waals surface area contributed by atoms with Crippen molar-refractivity contribution in [3.8, 4) is 0 Å². The van der Waals surface area contributed by atoms with Crippen molar-refractivity contribution in [2.24, 2.45) is 5.73 Å². The second-order valence-corrected chi connectivity index (χ2v) is 3.44. The standard InChI is InChI=1S/C7H15N3OS/c1-5(4-6(8)12)9-7(11)10(2)3/h5H,4H2,1-3H3,(H2,8,12)(H,9,11). The van der Waals surface area contributed by atoms with Crippen LogP contribution < -0.4 is 11.1 Å². The molecular weight excluding hydrogens is 174 g/mol. The summed E-state index contributed by atoms with van der Waals surface area (Å²) >= 11 is 4.70. The van der Waals surface area contributed by atoms with Crippen LogP contribution in [0.15, 0.2) is 0 Å². The molecule has 3 N–H and O–H groups in total. The number of carbonyl (C=O) groups excluding carboxylic acids is 1. The molecule has 0 spiro atoms. The Kier molecular flexibility index (Phi) is 4.58. The molecule has 12 heavy (non-hydrogen) atoms. The number of hydrogen-bond donors (Lipinski definition) is 2. The van der Waals surface area contributed by atoms with Crippen LogP contribution in [0.2, 0.25) is 0 Å². The second kappa shape index (κ2) is 4.92. The molecule has 1 unspecified atom stereocenters. The molecule has 0 radical (unpaired) electrons. The maximum Gasteiger partial charge on any atom is 0.317 e. The van der Waals surface area contributed by atoms with Crippen molar-refractivity contribution in [2.75, 3.05) is 14.1 Å². The molecule has 0 heterocycles. The summed E-state index contributed by atoms with van der Waals surface area (Å²) in [6, 6.07) is -0.129. The molecule has 0 rings (SSSR count). The summed E-state index contributed by atoms with van der Waals surface area (Å²) in [6.45, 7) is 1.86. The van der Waals surface area contributed by atoms with Crippen LogP contribution in [-0.4, -0.2) is 36.1 Å². The van der Waals surface area contributed by atoms with Crippen LogP contribution in [0.1, 0.15) is 13.3 Å². The van der Waals surface area contributed by atoms with Gasteiger partial charge in [-0.15, -0.1) is 0 Å². The number of nitrogens with zero attached hydrogens (tertiary/aromatic N) is 1. The van der Waals surface area contributed by atoms with Crippen molar-refractivity contribution in [1.29, 1.82) is 0 Å². The SMILES string of the molecule is CC(CC(N)=S)NC(=O)N(C)C. The molecule has 0 aromatic rings. The zero-order valence-corrected chi connectivity index (χ0v) is 8.44. The van der Waals surface area contributed by atoms with E-state index in [9.17, 15) is 4.79 Å². The van der Waals surface area contributed by atoms with Crippen LogP contribution in [0.5, 0.6) is 0 Å². The van der Waals surface area contributed by atoms with Crippen molar-refractivity contribution in [3.63, 3.8) is 0 Å². The van der Waals surface area contributed by atoms with Gasteiger partial charge in [-0.05, 0) is 6.92 Å². The van der Waals surface area contributed by atoms with E-state index in [0.717, 1.165) is 0 Å². The molecule has 0 aliphatic carbocycles. The summed E-state index contributed by atoms with van der Waals surface area (Å²) in [7, 11) is 3.37. The molecular formula is C7H15N3OS. The third-order valence-corrected chi connectivity index (χ3v) is 1.45. The largest absolute Gasteiger partial charge is 0.393 e. The van der Waals surface area contributed by atoms with Gasteiger partial charge in [0, 0.05) is 26.6 Å². The fourth-order valence-electron chi connectivity index (χ4n) is 0.693. The highest BCUT2D eigenvalue weighted by Gasteiger charge is 2.08. The molecule has 1 atom stereocenters. The Morgan fingerprint density at radius 1 is 1.67 bits per heavy atom. The van der Waals surface area contributed by atoms with E-state index in [1.54, 1.807) is 14.1 Å². The number of thiocarbonyl (C=S) groups is 1. The third-order valence-electron chi connectivity index (χ3n) is 1.28. The van der Waals surface area contributed by atoms with Crippen molar-refractivity contribution >= 4 is 23.2 Å². The first-order valence-electron chi connectivity index (χ1n) is 3.69. The molecule has 0 aromatic heterocycles. The summed E-state index contributed by atoms with van der Waals surface area (Å²) in [5.41, 5.74) is 5.31. The smallest absolute Gasteiger partial charge is 0.317 e. The lowest BCUT2D eigenvalue weighted by molar-refractivity contribution is 0.214. The van der Waals surface area contributed by atoms with Crippen molar-refractivity contribution in [3.05, 3.63) is 0 Å². The molecule has 70 valence electrons. The lowest BCUT2D eigenvalue weighted by Crippen LogP contribution is -2.41. The van der Waals surface area contributed by atoms with Gasteiger partial charge in [0.15, 0.2) is 0 Å². The second-order valence-electron chi connectivity index (χ2n) is 2.92. The molecule has 0 saturated heterocycles. The Hall–Kier alpha value is -0.840. The van der Waals surface area contributed by atoms with Gasteiger partial charge in [0.05, 0.1) is 4.99 Å². The fourth-order valence-corrected chi connectivity index (χ4v) is 0.943. The van der Waals surface area contributed by atoms with Gasteiger partial charge < -0.3 is 16.0 Å². The van der Waals surface area contributed by atoms with E-state index in [4.69, 9.17) is 18.0 Å². The number of rotatable bonds is 3. The molecule has 0 aliphatic heterocycles. The van der Waals surface area contributed by atoms with E-state index in [1.807, 2.05) is 6.92 Å². The minimum Gasteiger partial charge on any atom is -0.393 e. The summed E-state index contributed by atoms with van der Waals surface area (Å²) in [6.07, 6.45) is 0.537. The van der Waals surface area contributed by atoms with Gasteiger partial charge in [0.2, 0.25) is 0 Å². The lowest BCUT2D eigenvalue weighted by Gasteiger charge is -2.16. The predicted octanol–water partition coefficient (Wildman–Crippen LogP) is 0.322. The Morgan fingerprint density at radius 3 is 2.50 bits per heavy atom. The van der Waals surface area contributed by atoms with E-state index in [2.05, 4.69) is 5.32 Å². The van der Waals surface area contributed by atoms with Crippen molar-refractivity contribution in [2.45, 2.75) is 19.4 Å². The summed E-state index contributed by atoms with van der Waals surface area (Å²) in [4.78, 5) is 13.0. The highest BCUT2D eigenvalue weighted by molar-refractivity contribution is 7.80. The number of urea groups is 1.